The molecule has 1 saturated heterocycles. The topological polar surface area (TPSA) is 97.0 Å². The van der Waals surface area contributed by atoms with E-state index in [1.165, 1.54) is 0 Å². The van der Waals surface area contributed by atoms with Gasteiger partial charge in [0.2, 0.25) is 5.91 Å². The number of aryl methyl sites for hydroxylation is 1. The first kappa shape index (κ1) is 27.5. The van der Waals surface area contributed by atoms with E-state index in [0.29, 0.717) is 41.0 Å². The average molecular weight is 646 g/mol. The van der Waals surface area contributed by atoms with Crippen molar-refractivity contribution < 1.29 is 23.9 Å². The number of hydrogen-bond donors (Lipinski definition) is 2. The first-order valence-corrected chi connectivity index (χ1v) is 13.2. The monoisotopic (exact) mass is 645 g/mol. The van der Waals surface area contributed by atoms with E-state index >= 15 is 0 Å². The van der Waals surface area contributed by atoms with Gasteiger partial charge in [-0.05, 0) is 95.6 Å². The van der Waals surface area contributed by atoms with E-state index in [0.717, 1.165) is 19.6 Å². The van der Waals surface area contributed by atoms with Crippen LogP contribution >= 0.6 is 34.2 Å². The summed E-state index contributed by atoms with van der Waals surface area (Å²) in [5.74, 6) is 0.00768. The molecule has 10 heteroatoms. The molecular formula is C28H25ClIN3O5. The van der Waals surface area contributed by atoms with Gasteiger partial charge in [0.25, 0.3) is 5.91 Å². The van der Waals surface area contributed by atoms with Crippen molar-refractivity contribution in [3.8, 4) is 11.5 Å². The fourth-order valence-corrected chi connectivity index (χ4v) is 4.67. The Kier molecular flexibility index (Phi) is 8.90. The van der Waals surface area contributed by atoms with Crippen LogP contribution in [0.1, 0.15) is 23.6 Å². The highest BCUT2D eigenvalue weighted by Gasteiger charge is 2.35. The van der Waals surface area contributed by atoms with Crippen molar-refractivity contribution in [2.75, 3.05) is 18.5 Å². The average Bonchev–Trinajstić information content (AvgIpc) is 3.12. The molecule has 1 heterocycles. The third-order valence-electron chi connectivity index (χ3n) is 5.50. The number of amides is 4. The number of anilines is 1. The lowest BCUT2D eigenvalue weighted by Crippen LogP contribution is -2.38. The van der Waals surface area contributed by atoms with Gasteiger partial charge in [-0.3, -0.25) is 9.59 Å². The van der Waals surface area contributed by atoms with Crippen LogP contribution < -0.4 is 20.1 Å². The lowest BCUT2D eigenvalue weighted by Gasteiger charge is -2.15. The third kappa shape index (κ3) is 6.84. The number of benzene rings is 3. The van der Waals surface area contributed by atoms with E-state index in [-0.39, 0.29) is 5.70 Å². The van der Waals surface area contributed by atoms with Crippen molar-refractivity contribution in [1.29, 1.82) is 0 Å². The molecule has 4 amide bonds. The summed E-state index contributed by atoms with van der Waals surface area (Å²) in [6, 6.07) is 17.5. The lowest BCUT2D eigenvalue weighted by molar-refractivity contribution is -0.127. The van der Waals surface area contributed by atoms with Gasteiger partial charge in [-0.25, -0.2) is 9.69 Å². The summed E-state index contributed by atoms with van der Waals surface area (Å²) in [5, 5.41) is 5.91. The molecule has 0 aromatic heterocycles. The van der Waals surface area contributed by atoms with Gasteiger partial charge in [0.05, 0.1) is 10.2 Å². The van der Waals surface area contributed by atoms with Crippen LogP contribution in [0.4, 0.5) is 10.5 Å². The Balaban J connectivity index is 1.48. The number of urea groups is 1. The van der Waals surface area contributed by atoms with Crippen molar-refractivity contribution in [1.82, 2.24) is 10.2 Å². The number of halogens is 2. The van der Waals surface area contributed by atoms with Gasteiger partial charge in [0.15, 0.2) is 11.5 Å². The standard InChI is InChI=1S/C28H25ClIN3O5/c1-3-37-24-14-19(12-22(30)26(24)38-16-18-7-9-20(29)10-8-18)13-23-27(35)33(28(36)32-23)15-25(34)31-21-6-4-5-17(2)11-21/h4-14H,3,15-16H2,1-2H3,(H,31,34)(H,32,36)/b23-13+. The molecule has 2 N–H and O–H groups in total. The minimum absolute atomic E-state index is 0.0615. The van der Waals surface area contributed by atoms with Crippen molar-refractivity contribution >= 4 is 63.8 Å². The van der Waals surface area contributed by atoms with E-state index in [4.69, 9.17) is 21.1 Å². The molecule has 0 atom stereocenters. The van der Waals surface area contributed by atoms with Gasteiger partial charge in [0, 0.05) is 10.7 Å². The van der Waals surface area contributed by atoms with Gasteiger partial charge >= 0.3 is 6.03 Å². The number of imide groups is 1. The molecule has 1 aliphatic heterocycles. The van der Waals surface area contributed by atoms with Gasteiger partial charge < -0.3 is 20.1 Å². The molecule has 1 fully saturated rings. The second-order valence-electron chi connectivity index (χ2n) is 8.48. The van der Waals surface area contributed by atoms with Gasteiger partial charge in [-0.2, -0.15) is 0 Å². The van der Waals surface area contributed by atoms with E-state index < -0.39 is 24.4 Å². The second kappa shape index (κ2) is 12.3. The van der Waals surface area contributed by atoms with Crippen LogP contribution in [0.2, 0.25) is 5.02 Å². The first-order chi connectivity index (χ1) is 18.2. The van der Waals surface area contributed by atoms with Gasteiger partial charge in [-0.1, -0.05) is 35.9 Å². The van der Waals surface area contributed by atoms with Crippen LogP contribution in [-0.2, 0) is 16.2 Å². The van der Waals surface area contributed by atoms with Crippen LogP contribution in [0.3, 0.4) is 0 Å². The molecule has 4 rings (SSSR count). The lowest BCUT2D eigenvalue weighted by atomic mass is 10.1. The van der Waals surface area contributed by atoms with Crippen LogP contribution in [0.15, 0.2) is 66.4 Å². The van der Waals surface area contributed by atoms with Crippen molar-refractivity contribution in [2.24, 2.45) is 0 Å². The summed E-state index contributed by atoms with van der Waals surface area (Å²) in [5.41, 5.74) is 3.21. The normalized spacial score (nSPS) is 14.0. The maximum Gasteiger partial charge on any atom is 0.329 e. The van der Waals surface area contributed by atoms with E-state index in [1.807, 2.05) is 44.2 Å². The van der Waals surface area contributed by atoms with Crippen LogP contribution in [0.5, 0.6) is 11.5 Å². The maximum absolute atomic E-state index is 12.9. The number of nitrogens with one attached hydrogen (secondary N) is 2. The van der Waals surface area contributed by atoms with E-state index in [2.05, 4.69) is 33.2 Å². The highest BCUT2D eigenvalue weighted by atomic mass is 127. The molecule has 0 spiro atoms. The molecule has 0 saturated carbocycles. The van der Waals surface area contributed by atoms with Crippen molar-refractivity contribution in [3.05, 3.63) is 91.6 Å². The van der Waals surface area contributed by atoms with E-state index in [1.54, 1.807) is 36.4 Å². The molecule has 3 aromatic rings. The molecule has 38 heavy (non-hydrogen) atoms. The highest BCUT2D eigenvalue weighted by molar-refractivity contribution is 14.1. The molecule has 8 nitrogen and oxygen atoms in total. The summed E-state index contributed by atoms with van der Waals surface area (Å²) in [7, 11) is 0. The molecule has 1 aliphatic rings. The van der Waals surface area contributed by atoms with Crippen LogP contribution in [0, 0.1) is 10.5 Å². The Labute approximate surface area is 239 Å². The minimum Gasteiger partial charge on any atom is -0.490 e. The van der Waals surface area contributed by atoms with Crippen LogP contribution in [0.25, 0.3) is 6.08 Å². The molecule has 0 aliphatic carbocycles. The predicted molar refractivity (Wildman–Crippen MR) is 154 cm³/mol. The number of nitrogens with zero attached hydrogens (tertiary/aromatic N) is 1. The zero-order valence-corrected chi connectivity index (χ0v) is 23.6. The number of carbonyl (C=O) groups excluding carboxylic acids is 3. The maximum atomic E-state index is 12.9. The Morgan fingerprint density at radius 2 is 1.87 bits per heavy atom. The predicted octanol–water partition coefficient (Wildman–Crippen LogP) is 5.76. The smallest absolute Gasteiger partial charge is 0.329 e. The highest BCUT2D eigenvalue weighted by Crippen LogP contribution is 2.36. The first-order valence-electron chi connectivity index (χ1n) is 11.8. The molecule has 0 unspecified atom stereocenters. The third-order valence-corrected chi connectivity index (χ3v) is 6.56. The number of rotatable bonds is 9. The SMILES string of the molecule is CCOc1cc(/C=C2/NC(=O)N(CC(=O)Nc3cccc(C)c3)C2=O)cc(I)c1OCc1ccc(Cl)cc1. The molecule has 196 valence electrons. The van der Waals surface area contributed by atoms with Crippen LogP contribution in [-0.4, -0.2) is 35.9 Å². The van der Waals surface area contributed by atoms with Crippen molar-refractivity contribution in [2.45, 2.75) is 20.5 Å². The van der Waals surface area contributed by atoms with E-state index in [9.17, 15) is 14.4 Å². The van der Waals surface area contributed by atoms with Gasteiger partial charge in [0.1, 0.15) is 18.8 Å². The molecule has 0 bridgehead atoms. The Hall–Kier alpha value is -3.57. The number of ether oxygens (including phenoxy) is 2. The van der Waals surface area contributed by atoms with Gasteiger partial charge in [-0.15, -0.1) is 0 Å². The summed E-state index contributed by atoms with van der Waals surface area (Å²) in [6.07, 6.45) is 1.55. The number of carbonyl (C=O) groups is 3. The molecule has 3 aromatic carbocycles. The summed E-state index contributed by atoms with van der Waals surface area (Å²) >= 11 is 8.10. The Morgan fingerprint density at radius 3 is 2.58 bits per heavy atom. The fourth-order valence-electron chi connectivity index (χ4n) is 3.76. The zero-order valence-electron chi connectivity index (χ0n) is 20.7. The summed E-state index contributed by atoms with van der Waals surface area (Å²) in [4.78, 5) is 38.8. The summed E-state index contributed by atoms with van der Waals surface area (Å²) in [6.45, 7) is 4.09. The Morgan fingerprint density at radius 1 is 1.11 bits per heavy atom. The zero-order chi connectivity index (χ0) is 27.2. The Bertz CT molecular complexity index is 1410. The number of hydrogen-bond acceptors (Lipinski definition) is 5. The largest absolute Gasteiger partial charge is 0.490 e. The fraction of sp³-hybridized carbons (Fsp3) is 0.179. The summed E-state index contributed by atoms with van der Waals surface area (Å²) < 4.78 is 12.6. The molecular weight excluding hydrogens is 621 g/mol. The minimum atomic E-state index is -0.664. The molecule has 0 radical (unpaired) electrons. The second-order valence-corrected chi connectivity index (χ2v) is 10.1. The van der Waals surface area contributed by atoms with Crippen molar-refractivity contribution in [3.63, 3.8) is 0 Å². The quantitative estimate of drug-likeness (QED) is 0.175.